The van der Waals surface area contributed by atoms with E-state index in [0.717, 1.165) is 26.8 Å². The number of thiophene rings is 1. The first kappa shape index (κ1) is 33.4. The molecule has 1 atom stereocenters. The minimum absolute atomic E-state index is 0.0332. The lowest BCUT2D eigenvalue weighted by molar-refractivity contribution is 0.0186. The van der Waals surface area contributed by atoms with Crippen molar-refractivity contribution in [3.8, 4) is 47.5 Å². The highest BCUT2D eigenvalue weighted by Gasteiger charge is 2.50. The summed E-state index contributed by atoms with van der Waals surface area (Å²) in [6.45, 7) is 7.83. The van der Waals surface area contributed by atoms with Gasteiger partial charge in [-0.2, -0.15) is 0 Å². The molecule has 1 unspecified atom stereocenters. The zero-order valence-corrected chi connectivity index (χ0v) is 32.4. The minimum atomic E-state index is -0.348. The SMILES string of the molecule is C#CCOCC1(C)COc2c(C)sc(C#Cc3c4c(c(C#CC)c5c3C3c6ccccc6C5c5ccccc53)C3c5ccccc5C4c4ccccc43)c2OC1. The number of fused-ring (bicyclic) bond motifs is 1. The molecule has 0 saturated heterocycles. The van der Waals surface area contributed by atoms with Crippen LogP contribution in [0.5, 0.6) is 11.5 Å². The van der Waals surface area contributed by atoms with Crippen LogP contribution in [0.1, 0.15) is 125 Å². The van der Waals surface area contributed by atoms with Crippen molar-refractivity contribution in [1.82, 2.24) is 0 Å². The fourth-order valence-corrected chi connectivity index (χ4v) is 11.4. The highest BCUT2D eigenvalue weighted by atomic mass is 32.1. The molecule has 1 aliphatic heterocycles. The van der Waals surface area contributed by atoms with Crippen molar-refractivity contribution in [2.75, 3.05) is 26.4 Å². The van der Waals surface area contributed by atoms with E-state index in [1.165, 1.54) is 72.3 Å². The van der Waals surface area contributed by atoms with Gasteiger partial charge in [0.05, 0.1) is 25.2 Å². The standard InChI is InChI=1S/C52H38O3S/c1-5-15-39-46-42-31-16-7-11-20-35(31)44(36-21-12-8-17-32(36)42)48(46)40(24-25-41-51-50(30(3)56-41)54-28-52(4,29-55-51)27-53-26-6-2)49-45-37-22-13-9-18-33(37)43(47(39)49)34-19-10-14-23-38(34)45/h2,7-14,16-23,42-45H,26-29H2,1,3-4H3. The van der Waals surface area contributed by atoms with Crippen LogP contribution < -0.4 is 9.47 Å². The molecule has 2 heterocycles. The van der Waals surface area contributed by atoms with Crippen LogP contribution in [0.15, 0.2) is 97.1 Å². The Hall–Kier alpha value is -5.96. The molecule has 0 spiro atoms. The van der Waals surface area contributed by atoms with Crippen molar-refractivity contribution in [2.24, 2.45) is 5.41 Å². The van der Waals surface area contributed by atoms with Crippen LogP contribution in [0, 0.1) is 48.4 Å². The third-order valence-electron chi connectivity index (χ3n) is 12.6. The monoisotopic (exact) mass is 742 g/mol. The lowest BCUT2D eigenvalue weighted by Gasteiger charge is -2.48. The zero-order valence-electron chi connectivity index (χ0n) is 31.6. The van der Waals surface area contributed by atoms with E-state index in [9.17, 15) is 0 Å². The van der Waals surface area contributed by atoms with E-state index in [0.29, 0.717) is 19.8 Å². The Bertz CT molecular complexity index is 2620. The predicted molar refractivity (Wildman–Crippen MR) is 222 cm³/mol. The van der Waals surface area contributed by atoms with Gasteiger partial charge in [-0.3, -0.25) is 0 Å². The molecule has 13 rings (SSSR count). The Labute approximate surface area is 332 Å². The number of hydrogen-bond acceptors (Lipinski definition) is 4. The first-order chi connectivity index (χ1) is 27.5. The van der Waals surface area contributed by atoms with Crippen molar-refractivity contribution in [3.63, 3.8) is 0 Å². The van der Waals surface area contributed by atoms with Crippen molar-refractivity contribution >= 4 is 11.3 Å². The molecule has 1 aromatic heterocycles. The predicted octanol–water partition coefficient (Wildman–Crippen LogP) is 10.2. The van der Waals surface area contributed by atoms with Gasteiger partial charge < -0.3 is 14.2 Å². The number of benzene rings is 5. The lowest BCUT2D eigenvalue weighted by Crippen LogP contribution is -2.35. The summed E-state index contributed by atoms with van der Waals surface area (Å²) >= 11 is 1.65. The maximum absolute atomic E-state index is 6.63. The average Bonchev–Trinajstić information content (AvgIpc) is 3.42. The van der Waals surface area contributed by atoms with Crippen LogP contribution in [-0.2, 0) is 4.74 Å². The van der Waals surface area contributed by atoms with Gasteiger partial charge in [0.15, 0.2) is 11.5 Å². The largest absolute Gasteiger partial charge is 0.488 e. The second-order valence-electron chi connectivity index (χ2n) is 16.0. The summed E-state index contributed by atoms with van der Waals surface area (Å²) in [5.41, 5.74) is 18.2. The maximum atomic E-state index is 6.63. The molecule has 56 heavy (non-hydrogen) atoms. The summed E-state index contributed by atoms with van der Waals surface area (Å²) < 4.78 is 18.9. The Morgan fingerprint density at radius 3 is 1.41 bits per heavy atom. The van der Waals surface area contributed by atoms with Crippen LogP contribution in [0.25, 0.3) is 0 Å². The van der Waals surface area contributed by atoms with Crippen LogP contribution >= 0.6 is 11.3 Å². The van der Waals surface area contributed by atoms with Crippen LogP contribution in [0.3, 0.4) is 0 Å². The van der Waals surface area contributed by atoms with E-state index in [-0.39, 0.29) is 35.7 Å². The molecule has 4 heteroatoms. The Morgan fingerprint density at radius 1 is 0.625 bits per heavy atom. The number of ether oxygens (including phenoxy) is 3. The highest BCUT2D eigenvalue weighted by Crippen LogP contribution is 2.64. The van der Waals surface area contributed by atoms with Crippen molar-refractivity contribution in [1.29, 1.82) is 0 Å². The molecule has 0 fully saturated rings. The summed E-state index contributed by atoms with van der Waals surface area (Å²) in [5, 5.41) is 0. The van der Waals surface area contributed by atoms with Crippen LogP contribution in [-0.4, -0.2) is 26.4 Å². The van der Waals surface area contributed by atoms with E-state index in [1.807, 2.05) is 6.92 Å². The summed E-state index contributed by atoms with van der Waals surface area (Å²) in [6.07, 6.45) is 5.48. The van der Waals surface area contributed by atoms with E-state index >= 15 is 0 Å². The number of hydrogen-bond donors (Lipinski definition) is 0. The Balaban J connectivity index is 1.20. The minimum Gasteiger partial charge on any atom is -0.488 e. The molecule has 0 N–H and O–H groups in total. The summed E-state index contributed by atoms with van der Waals surface area (Å²) in [6, 6.07) is 36.2. The first-order valence-electron chi connectivity index (χ1n) is 19.4. The molecule has 4 bridgehead atoms. The van der Waals surface area contributed by atoms with Gasteiger partial charge in [0.25, 0.3) is 0 Å². The Morgan fingerprint density at radius 2 is 1.02 bits per heavy atom. The number of terminal acetylenes is 1. The molecule has 6 aliphatic carbocycles. The molecular weight excluding hydrogens is 705 g/mol. The second-order valence-corrected chi connectivity index (χ2v) is 17.2. The summed E-state index contributed by atoms with van der Waals surface area (Å²) in [4.78, 5) is 1.94. The first-order valence-corrected chi connectivity index (χ1v) is 20.3. The summed E-state index contributed by atoms with van der Waals surface area (Å²) in [5.74, 6) is 19.2. The molecule has 6 aromatic rings. The quantitative estimate of drug-likeness (QED) is 0.133. The van der Waals surface area contributed by atoms with Crippen LogP contribution in [0.2, 0.25) is 0 Å². The molecule has 0 radical (unpaired) electrons. The van der Waals surface area contributed by atoms with Gasteiger partial charge in [-0.25, -0.2) is 0 Å². The van der Waals surface area contributed by atoms with Gasteiger partial charge in [0.1, 0.15) is 11.5 Å². The normalized spacial score (nSPS) is 22.0. The smallest absolute Gasteiger partial charge is 0.188 e. The lowest BCUT2D eigenvalue weighted by atomic mass is 9.53. The van der Waals surface area contributed by atoms with Gasteiger partial charge >= 0.3 is 0 Å². The van der Waals surface area contributed by atoms with Gasteiger partial charge in [0.2, 0.25) is 0 Å². The van der Waals surface area contributed by atoms with Gasteiger partial charge in [-0.05, 0) is 86.5 Å². The van der Waals surface area contributed by atoms with Gasteiger partial charge in [0, 0.05) is 39.7 Å². The van der Waals surface area contributed by atoms with Gasteiger partial charge in [-0.15, -0.1) is 23.7 Å². The molecule has 7 aliphatic rings. The van der Waals surface area contributed by atoms with E-state index in [4.69, 9.17) is 20.6 Å². The maximum Gasteiger partial charge on any atom is 0.188 e. The van der Waals surface area contributed by atoms with Crippen molar-refractivity contribution < 1.29 is 14.2 Å². The number of rotatable bonds is 3. The molecular formula is C52H38O3S. The average molecular weight is 743 g/mol. The Kier molecular flexibility index (Phi) is 7.47. The third kappa shape index (κ3) is 4.60. The number of aryl methyl sites for hydroxylation is 1. The molecule has 3 nitrogen and oxygen atoms in total. The third-order valence-corrected chi connectivity index (χ3v) is 13.6. The molecule has 0 saturated carbocycles. The van der Waals surface area contributed by atoms with Gasteiger partial charge in [-0.1, -0.05) is 122 Å². The second kappa shape index (κ2) is 12.5. The topological polar surface area (TPSA) is 27.7 Å². The van der Waals surface area contributed by atoms with Crippen LogP contribution in [0.4, 0.5) is 0 Å². The molecule has 0 amide bonds. The summed E-state index contributed by atoms with van der Waals surface area (Å²) in [7, 11) is 0. The zero-order chi connectivity index (χ0) is 37.7. The van der Waals surface area contributed by atoms with E-state index in [2.05, 4.69) is 141 Å². The molecule has 5 aromatic carbocycles. The van der Waals surface area contributed by atoms with E-state index in [1.54, 1.807) is 11.3 Å². The fourth-order valence-electron chi connectivity index (χ4n) is 10.5. The van der Waals surface area contributed by atoms with Crippen molar-refractivity contribution in [2.45, 2.75) is 44.4 Å². The fraction of sp³-hybridized carbons (Fsp3) is 0.231. The van der Waals surface area contributed by atoms with E-state index < -0.39 is 0 Å². The molecule has 270 valence electrons. The highest BCUT2D eigenvalue weighted by molar-refractivity contribution is 7.13. The van der Waals surface area contributed by atoms with Crippen molar-refractivity contribution in [3.05, 3.63) is 185 Å².